The first-order valence-corrected chi connectivity index (χ1v) is 7.34. The molecule has 1 aromatic carbocycles. The number of hydrazone groups is 1. The van der Waals surface area contributed by atoms with Crippen LogP contribution >= 0.6 is 0 Å². The molecule has 0 atom stereocenters. The van der Waals surface area contributed by atoms with Gasteiger partial charge in [0.15, 0.2) is 0 Å². The van der Waals surface area contributed by atoms with Crippen molar-refractivity contribution in [3.63, 3.8) is 0 Å². The normalized spacial score (nSPS) is 11.5. The zero-order chi connectivity index (χ0) is 16.9. The Hall–Kier alpha value is -2.69. The average molecular weight is 311 g/mol. The molecule has 1 heterocycles. The lowest BCUT2D eigenvalue weighted by Gasteiger charge is -2.22. The van der Waals surface area contributed by atoms with Gasteiger partial charge < -0.3 is 4.74 Å². The molecule has 0 spiro atoms. The number of carbonyl (C=O) groups excluding carboxylic acids is 1. The van der Waals surface area contributed by atoms with Crippen LogP contribution in [0, 0.1) is 0 Å². The predicted octanol–water partition coefficient (Wildman–Crippen LogP) is 3.15. The maximum atomic E-state index is 11.9. The fourth-order valence-electron chi connectivity index (χ4n) is 2.12. The van der Waals surface area contributed by atoms with E-state index in [0.717, 1.165) is 16.9 Å². The van der Waals surface area contributed by atoms with Crippen molar-refractivity contribution in [3.8, 4) is 5.75 Å². The Labute approximate surface area is 136 Å². The molecule has 0 radical (unpaired) electrons. The van der Waals surface area contributed by atoms with E-state index < -0.39 is 0 Å². The largest absolute Gasteiger partial charge is 0.496 e. The molecule has 0 saturated heterocycles. The van der Waals surface area contributed by atoms with Gasteiger partial charge in [-0.05, 0) is 41.3 Å². The van der Waals surface area contributed by atoms with Gasteiger partial charge >= 0.3 is 0 Å². The van der Waals surface area contributed by atoms with Crippen molar-refractivity contribution in [2.24, 2.45) is 5.10 Å². The number of methoxy groups -OCH3 is 1. The molecule has 1 aromatic heterocycles. The van der Waals surface area contributed by atoms with Gasteiger partial charge in [0.05, 0.1) is 18.9 Å². The van der Waals surface area contributed by atoms with Gasteiger partial charge in [-0.25, -0.2) is 5.43 Å². The summed E-state index contributed by atoms with van der Waals surface area (Å²) in [6.07, 6.45) is 4.73. The van der Waals surface area contributed by atoms with Gasteiger partial charge in [-0.1, -0.05) is 20.8 Å². The third-order valence-electron chi connectivity index (χ3n) is 3.33. The number of ether oxygens (including phenoxy) is 1. The molecule has 0 aliphatic rings. The van der Waals surface area contributed by atoms with E-state index in [-0.39, 0.29) is 11.3 Å². The third-order valence-corrected chi connectivity index (χ3v) is 3.33. The molecule has 2 rings (SSSR count). The number of nitrogens with zero attached hydrogens (tertiary/aromatic N) is 2. The molecule has 0 bridgehead atoms. The number of carbonyl (C=O) groups is 1. The van der Waals surface area contributed by atoms with Gasteiger partial charge in [0.2, 0.25) is 0 Å². The van der Waals surface area contributed by atoms with E-state index in [9.17, 15) is 4.79 Å². The topological polar surface area (TPSA) is 63.6 Å². The lowest BCUT2D eigenvalue weighted by atomic mass is 9.85. The molecular formula is C18H21N3O2. The minimum Gasteiger partial charge on any atom is -0.496 e. The van der Waals surface area contributed by atoms with Crippen LogP contribution < -0.4 is 10.2 Å². The van der Waals surface area contributed by atoms with Gasteiger partial charge in [-0.2, -0.15) is 5.10 Å². The highest BCUT2D eigenvalue weighted by molar-refractivity contribution is 5.94. The first kappa shape index (κ1) is 16.7. The van der Waals surface area contributed by atoms with E-state index in [1.54, 1.807) is 31.7 Å². The maximum Gasteiger partial charge on any atom is 0.272 e. The van der Waals surface area contributed by atoms with Crippen LogP contribution in [0.4, 0.5) is 0 Å². The molecule has 1 amide bonds. The monoisotopic (exact) mass is 311 g/mol. The molecule has 120 valence electrons. The molecule has 0 aliphatic heterocycles. The van der Waals surface area contributed by atoms with Crippen molar-refractivity contribution >= 4 is 12.1 Å². The first-order chi connectivity index (χ1) is 10.9. The Morgan fingerprint density at radius 2 is 2.09 bits per heavy atom. The van der Waals surface area contributed by atoms with Gasteiger partial charge in [0.1, 0.15) is 5.75 Å². The number of amides is 1. The van der Waals surface area contributed by atoms with Gasteiger partial charge in [0.25, 0.3) is 5.91 Å². The Morgan fingerprint density at radius 1 is 1.30 bits per heavy atom. The highest BCUT2D eigenvalue weighted by Crippen LogP contribution is 2.31. The minimum atomic E-state index is -0.293. The molecule has 23 heavy (non-hydrogen) atoms. The lowest BCUT2D eigenvalue weighted by Crippen LogP contribution is -2.17. The molecule has 5 heteroatoms. The summed E-state index contributed by atoms with van der Waals surface area (Å²) in [5, 5.41) is 4.00. The predicted molar refractivity (Wildman–Crippen MR) is 91.0 cm³/mol. The highest BCUT2D eigenvalue weighted by Gasteiger charge is 2.18. The molecule has 0 fully saturated rings. The summed E-state index contributed by atoms with van der Waals surface area (Å²) in [6.45, 7) is 6.36. The molecule has 1 N–H and O–H groups in total. The molecule has 2 aromatic rings. The van der Waals surface area contributed by atoms with Crippen molar-refractivity contribution in [3.05, 3.63) is 59.4 Å². The van der Waals surface area contributed by atoms with Crippen molar-refractivity contribution < 1.29 is 9.53 Å². The average Bonchev–Trinajstić information content (AvgIpc) is 2.54. The first-order valence-electron chi connectivity index (χ1n) is 7.34. The van der Waals surface area contributed by atoms with Crippen LogP contribution in [0.1, 0.15) is 42.3 Å². The highest BCUT2D eigenvalue weighted by atomic mass is 16.5. The van der Waals surface area contributed by atoms with Gasteiger partial charge in [-0.15, -0.1) is 0 Å². The van der Waals surface area contributed by atoms with Gasteiger partial charge in [-0.3, -0.25) is 9.78 Å². The summed E-state index contributed by atoms with van der Waals surface area (Å²) in [6, 6.07) is 9.21. The van der Waals surface area contributed by atoms with Crippen molar-refractivity contribution in [1.29, 1.82) is 0 Å². The second-order valence-electron chi connectivity index (χ2n) is 6.15. The smallest absolute Gasteiger partial charge is 0.272 e. The summed E-state index contributed by atoms with van der Waals surface area (Å²) in [5.74, 6) is 0.549. The van der Waals surface area contributed by atoms with E-state index in [1.807, 2.05) is 18.2 Å². The number of benzene rings is 1. The second kappa shape index (κ2) is 7.05. The minimum absolute atomic E-state index is 0.0475. The van der Waals surface area contributed by atoms with Crippen LogP contribution in [-0.4, -0.2) is 24.2 Å². The van der Waals surface area contributed by atoms with Crippen LogP contribution in [0.2, 0.25) is 0 Å². The number of rotatable bonds is 4. The Morgan fingerprint density at radius 3 is 2.70 bits per heavy atom. The molecule has 0 saturated carbocycles. The molecule has 0 aliphatic carbocycles. The number of hydrogen-bond donors (Lipinski definition) is 1. The summed E-state index contributed by atoms with van der Waals surface area (Å²) in [5.41, 5.74) is 4.89. The van der Waals surface area contributed by atoms with Crippen molar-refractivity contribution in [2.75, 3.05) is 7.11 Å². The zero-order valence-corrected chi connectivity index (χ0v) is 13.8. The zero-order valence-electron chi connectivity index (χ0n) is 13.8. The van der Waals surface area contributed by atoms with E-state index in [1.165, 1.54) is 6.20 Å². The van der Waals surface area contributed by atoms with Crippen LogP contribution in [0.25, 0.3) is 0 Å². The van der Waals surface area contributed by atoms with E-state index in [0.29, 0.717) is 5.56 Å². The summed E-state index contributed by atoms with van der Waals surface area (Å²) in [4.78, 5) is 15.8. The Balaban J connectivity index is 2.13. The lowest BCUT2D eigenvalue weighted by molar-refractivity contribution is 0.0955. The fraction of sp³-hybridized carbons (Fsp3) is 0.278. The fourth-order valence-corrected chi connectivity index (χ4v) is 2.12. The van der Waals surface area contributed by atoms with Gasteiger partial charge in [0, 0.05) is 18.0 Å². The molecule has 0 unspecified atom stereocenters. The van der Waals surface area contributed by atoms with Crippen molar-refractivity contribution in [2.45, 2.75) is 26.2 Å². The number of nitrogens with one attached hydrogen (secondary N) is 1. The summed E-state index contributed by atoms with van der Waals surface area (Å²) >= 11 is 0. The van der Waals surface area contributed by atoms with E-state index >= 15 is 0 Å². The maximum absolute atomic E-state index is 11.9. The molecular weight excluding hydrogens is 290 g/mol. The number of aromatic nitrogens is 1. The standard InChI is InChI=1S/C18H21N3O2/c1-18(2,3)15-10-13(7-8-16(15)23-4)11-20-21-17(22)14-6-5-9-19-12-14/h5-12H,1-4H3,(H,21,22). The third kappa shape index (κ3) is 4.39. The Bertz CT molecular complexity index is 704. The SMILES string of the molecule is COc1ccc(C=NNC(=O)c2cccnc2)cc1C(C)(C)C. The van der Waals surface area contributed by atoms with Crippen LogP contribution in [0.15, 0.2) is 47.8 Å². The van der Waals surface area contributed by atoms with Crippen molar-refractivity contribution in [1.82, 2.24) is 10.4 Å². The molecule has 5 nitrogen and oxygen atoms in total. The summed E-state index contributed by atoms with van der Waals surface area (Å²) < 4.78 is 5.41. The Kier molecular flexibility index (Phi) is 5.11. The van der Waals surface area contributed by atoms with Crippen LogP contribution in [-0.2, 0) is 5.41 Å². The second-order valence-corrected chi connectivity index (χ2v) is 6.15. The quantitative estimate of drug-likeness (QED) is 0.697. The van der Waals surface area contributed by atoms with Crippen LogP contribution in [0.5, 0.6) is 5.75 Å². The summed E-state index contributed by atoms with van der Waals surface area (Å²) in [7, 11) is 1.66. The van der Waals surface area contributed by atoms with E-state index in [2.05, 4.69) is 36.3 Å². The number of pyridine rings is 1. The van der Waals surface area contributed by atoms with Crippen LogP contribution in [0.3, 0.4) is 0 Å². The number of hydrogen-bond acceptors (Lipinski definition) is 4. The van der Waals surface area contributed by atoms with E-state index in [4.69, 9.17) is 4.74 Å².